The normalized spacial score (nSPS) is 14.5. The zero-order valence-corrected chi connectivity index (χ0v) is 15.8. The number of rotatable bonds is 4. The van der Waals surface area contributed by atoms with E-state index in [-0.39, 0.29) is 27.3 Å². The second-order valence-corrected chi connectivity index (χ2v) is 9.12. The molecule has 0 radical (unpaired) electrons. The fraction of sp³-hybridized carbons (Fsp3) is 0.571. The van der Waals surface area contributed by atoms with Gasteiger partial charge in [-0.3, -0.25) is 0 Å². The Morgan fingerprint density at radius 3 is 2.19 bits per heavy atom. The van der Waals surface area contributed by atoms with Gasteiger partial charge in [-0.2, -0.15) is 4.31 Å². The first-order valence-corrected chi connectivity index (χ1v) is 9.18. The van der Waals surface area contributed by atoms with E-state index in [0.29, 0.717) is 10.6 Å². The van der Waals surface area contributed by atoms with Crippen molar-refractivity contribution in [3.05, 3.63) is 27.7 Å². The first kappa shape index (κ1) is 19.0. The fourth-order valence-corrected chi connectivity index (χ4v) is 4.54. The molecule has 1 aromatic rings. The van der Waals surface area contributed by atoms with E-state index in [1.807, 2.05) is 27.7 Å². The Labute approximate surface area is 142 Å². The van der Waals surface area contributed by atoms with Crippen LogP contribution in [0.5, 0.6) is 0 Å². The van der Waals surface area contributed by atoms with Crippen LogP contribution in [0.25, 0.3) is 0 Å². The molecule has 0 fully saturated rings. The van der Waals surface area contributed by atoms with Gasteiger partial charge in [-0.05, 0) is 30.0 Å². The summed E-state index contributed by atoms with van der Waals surface area (Å²) in [6.45, 7) is 7.80. The predicted octanol–water partition coefficient (Wildman–Crippen LogP) is 4.79. The zero-order valence-electron chi connectivity index (χ0n) is 12.7. The minimum absolute atomic E-state index is 0.00841. The van der Waals surface area contributed by atoms with Crippen molar-refractivity contribution in [3.8, 4) is 0 Å². The maximum Gasteiger partial charge on any atom is 0.244 e. The van der Waals surface area contributed by atoms with Crippen molar-refractivity contribution < 1.29 is 8.42 Å². The molecule has 0 saturated carbocycles. The summed E-state index contributed by atoms with van der Waals surface area (Å²) in [5, 5.41) is 0.424. The molecule has 1 rings (SSSR count). The summed E-state index contributed by atoms with van der Waals surface area (Å²) >= 11 is 17.9. The summed E-state index contributed by atoms with van der Waals surface area (Å²) in [4.78, 5) is -0.00841. The van der Waals surface area contributed by atoms with Crippen molar-refractivity contribution in [2.45, 2.75) is 44.5 Å². The Balaban J connectivity index is 3.42. The molecule has 21 heavy (non-hydrogen) atoms. The van der Waals surface area contributed by atoms with E-state index in [4.69, 9.17) is 34.8 Å². The van der Waals surface area contributed by atoms with Crippen molar-refractivity contribution in [1.29, 1.82) is 0 Å². The largest absolute Gasteiger partial charge is 0.244 e. The van der Waals surface area contributed by atoms with Gasteiger partial charge in [-0.1, -0.05) is 44.0 Å². The average molecular weight is 373 g/mol. The Morgan fingerprint density at radius 2 is 1.76 bits per heavy atom. The lowest BCUT2D eigenvalue weighted by molar-refractivity contribution is 0.216. The van der Waals surface area contributed by atoms with E-state index in [2.05, 4.69) is 0 Å². The zero-order chi connectivity index (χ0) is 16.6. The summed E-state index contributed by atoms with van der Waals surface area (Å²) in [7, 11) is -2.20. The van der Waals surface area contributed by atoms with E-state index in [0.717, 1.165) is 0 Å². The van der Waals surface area contributed by atoms with Crippen LogP contribution in [0.4, 0.5) is 0 Å². The number of halogens is 3. The number of nitrogens with zero attached hydrogens (tertiary/aromatic N) is 1. The number of sulfonamides is 1. The summed E-state index contributed by atoms with van der Waals surface area (Å²) in [6.07, 6.45) is 0. The summed E-state index contributed by atoms with van der Waals surface area (Å²) < 4.78 is 26.9. The van der Waals surface area contributed by atoms with Crippen LogP contribution in [0, 0.1) is 5.41 Å². The molecule has 120 valence electrons. The molecule has 0 saturated heterocycles. The van der Waals surface area contributed by atoms with E-state index >= 15 is 0 Å². The van der Waals surface area contributed by atoms with Gasteiger partial charge in [0.1, 0.15) is 4.90 Å². The average Bonchev–Trinajstić information content (AvgIpc) is 2.37. The van der Waals surface area contributed by atoms with Gasteiger partial charge >= 0.3 is 0 Å². The maximum atomic E-state index is 12.8. The second-order valence-electron chi connectivity index (χ2n) is 6.07. The minimum atomic E-state index is -3.75. The van der Waals surface area contributed by atoms with Gasteiger partial charge in [-0.15, -0.1) is 11.6 Å². The van der Waals surface area contributed by atoms with Crippen LogP contribution in [-0.2, 0) is 15.9 Å². The molecule has 0 aromatic heterocycles. The molecule has 0 aliphatic carbocycles. The van der Waals surface area contributed by atoms with Gasteiger partial charge in [0, 0.05) is 24.0 Å². The molecular formula is C14H20Cl3NO2S. The SMILES string of the molecule is CC(N(C)S(=O)(=O)c1cc(Cl)cc(CCl)c1Cl)C(C)(C)C. The maximum absolute atomic E-state index is 12.8. The summed E-state index contributed by atoms with van der Waals surface area (Å²) in [5.41, 5.74) is 0.295. The standard InChI is InChI=1S/C14H20Cl3NO2S/c1-9(14(2,3)4)18(5)21(19,20)12-7-11(16)6-10(8-15)13(12)17/h6-7,9H,8H2,1-5H3. The van der Waals surface area contributed by atoms with Crippen LogP contribution in [0.1, 0.15) is 33.3 Å². The third-order valence-electron chi connectivity index (χ3n) is 3.68. The first-order chi connectivity index (χ1) is 9.42. The van der Waals surface area contributed by atoms with Crippen LogP contribution < -0.4 is 0 Å². The van der Waals surface area contributed by atoms with Crippen molar-refractivity contribution in [2.75, 3.05) is 7.05 Å². The van der Waals surface area contributed by atoms with Crippen molar-refractivity contribution in [3.63, 3.8) is 0 Å². The van der Waals surface area contributed by atoms with Gasteiger partial charge in [-0.25, -0.2) is 8.42 Å². The van der Waals surface area contributed by atoms with Gasteiger partial charge in [0.05, 0.1) is 5.02 Å². The highest BCUT2D eigenvalue weighted by atomic mass is 35.5. The molecule has 0 amide bonds. The monoisotopic (exact) mass is 371 g/mol. The molecule has 0 aliphatic rings. The highest BCUT2D eigenvalue weighted by Crippen LogP contribution is 2.34. The molecule has 0 spiro atoms. The van der Waals surface area contributed by atoms with Crippen molar-refractivity contribution >= 4 is 44.8 Å². The Bertz CT molecular complexity index is 624. The fourth-order valence-electron chi connectivity index (χ4n) is 1.81. The Hall–Kier alpha value is -0.000000000000000111. The topological polar surface area (TPSA) is 37.4 Å². The molecule has 1 aromatic carbocycles. The van der Waals surface area contributed by atoms with Crippen LogP contribution in [-0.4, -0.2) is 25.8 Å². The first-order valence-electron chi connectivity index (χ1n) is 6.44. The lowest BCUT2D eigenvalue weighted by Crippen LogP contribution is -2.43. The van der Waals surface area contributed by atoms with Crippen molar-refractivity contribution in [2.24, 2.45) is 5.41 Å². The highest BCUT2D eigenvalue weighted by Gasteiger charge is 2.34. The predicted molar refractivity (Wildman–Crippen MR) is 89.9 cm³/mol. The molecule has 0 heterocycles. The number of hydrogen-bond acceptors (Lipinski definition) is 2. The second kappa shape index (κ2) is 6.63. The molecule has 1 unspecified atom stereocenters. The smallest absolute Gasteiger partial charge is 0.207 e. The van der Waals surface area contributed by atoms with E-state index < -0.39 is 10.0 Å². The molecule has 3 nitrogen and oxygen atoms in total. The van der Waals surface area contributed by atoms with Crippen LogP contribution >= 0.6 is 34.8 Å². The van der Waals surface area contributed by atoms with E-state index in [1.54, 1.807) is 13.1 Å². The third-order valence-corrected chi connectivity index (χ3v) is 6.70. The molecular weight excluding hydrogens is 353 g/mol. The van der Waals surface area contributed by atoms with Gasteiger partial charge in [0.25, 0.3) is 0 Å². The van der Waals surface area contributed by atoms with E-state index in [1.165, 1.54) is 10.4 Å². The third kappa shape index (κ3) is 4.05. The number of alkyl halides is 1. The lowest BCUT2D eigenvalue weighted by atomic mass is 9.88. The van der Waals surface area contributed by atoms with Gasteiger partial charge in [0.15, 0.2) is 0 Å². The Kier molecular flexibility index (Phi) is 6.01. The van der Waals surface area contributed by atoms with E-state index in [9.17, 15) is 8.42 Å². The Morgan fingerprint density at radius 1 is 1.24 bits per heavy atom. The molecule has 1 atom stereocenters. The molecule has 0 aliphatic heterocycles. The highest BCUT2D eigenvalue weighted by molar-refractivity contribution is 7.89. The van der Waals surface area contributed by atoms with Gasteiger partial charge in [0.2, 0.25) is 10.0 Å². The van der Waals surface area contributed by atoms with Crippen LogP contribution in [0.3, 0.4) is 0 Å². The lowest BCUT2D eigenvalue weighted by Gasteiger charge is -2.34. The van der Waals surface area contributed by atoms with Gasteiger partial charge < -0.3 is 0 Å². The molecule has 0 bridgehead atoms. The van der Waals surface area contributed by atoms with Crippen LogP contribution in [0.15, 0.2) is 17.0 Å². The number of hydrogen-bond donors (Lipinski definition) is 0. The van der Waals surface area contributed by atoms with Crippen molar-refractivity contribution in [1.82, 2.24) is 4.31 Å². The summed E-state index contributed by atoms with van der Waals surface area (Å²) in [5.74, 6) is 0.0977. The minimum Gasteiger partial charge on any atom is -0.207 e. The molecule has 7 heteroatoms. The number of benzene rings is 1. The summed E-state index contributed by atoms with van der Waals surface area (Å²) in [6, 6.07) is 2.72. The van der Waals surface area contributed by atoms with Crippen LogP contribution in [0.2, 0.25) is 10.0 Å². The molecule has 0 N–H and O–H groups in total. The quantitative estimate of drug-likeness (QED) is 0.713.